The van der Waals surface area contributed by atoms with Gasteiger partial charge in [0.25, 0.3) is 0 Å². The molecule has 1 aromatic heterocycles. The van der Waals surface area contributed by atoms with Gasteiger partial charge in [-0.1, -0.05) is 36.4 Å². The van der Waals surface area contributed by atoms with Crippen molar-refractivity contribution in [3.8, 4) is 22.6 Å². The molecule has 0 saturated heterocycles. The molecular formula is C27H20N4O4S. The monoisotopic (exact) mass is 496 g/mol. The summed E-state index contributed by atoms with van der Waals surface area (Å²) in [5.74, 6) is -0.252. The van der Waals surface area contributed by atoms with Crippen molar-refractivity contribution in [2.24, 2.45) is 0 Å². The zero-order chi connectivity index (χ0) is 25.1. The predicted octanol–water partition coefficient (Wildman–Crippen LogP) is 6.52. The number of carboxylic acid groups (broad SMARTS) is 1. The van der Waals surface area contributed by atoms with E-state index in [0.717, 1.165) is 39.6 Å². The van der Waals surface area contributed by atoms with Gasteiger partial charge in [-0.2, -0.15) is 8.75 Å². The lowest BCUT2D eigenvalue weighted by atomic mass is 10.0. The highest BCUT2D eigenvalue weighted by atomic mass is 32.1. The van der Waals surface area contributed by atoms with Crippen molar-refractivity contribution in [1.82, 2.24) is 8.75 Å². The number of anilines is 2. The maximum atomic E-state index is 12.9. The van der Waals surface area contributed by atoms with Crippen LogP contribution in [0.4, 0.5) is 16.2 Å². The largest absolute Gasteiger partial charge is 0.478 e. The van der Waals surface area contributed by atoms with Crippen molar-refractivity contribution >= 4 is 46.1 Å². The summed E-state index contributed by atoms with van der Waals surface area (Å²) in [5, 5.41) is 12.2. The third kappa shape index (κ3) is 4.86. The van der Waals surface area contributed by atoms with E-state index in [9.17, 15) is 14.7 Å². The molecule has 36 heavy (non-hydrogen) atoms. The van der Waals surface area contributed by atoms with E-state index in [1.807, 2.05) is 42.5 Å². The fourth-order valence-corrected chi connectivity index (χ4v) is 4.17. The van der Waals surface area contributed by atoms with Crippen LogP contribution in [0.25, 0.3) is 22.2 Å². The lowest BCUT2D eigenvalue weighted by molar-refractivity contribution is 0.0694. The molecule has 2 amide bonds. The standard InChI is InChI=1S/C27H20N4O4S/c1-31(27(34)28-19-11-14-23-24(16-19)30-36-29-23)20-6-4-5-18(15-20)17-9-12-21(13-10-17)35-25-8-3-2-7-22(25)26(32)33/h2-16H,1H3,(H,28,34)(H,32,33). The summed E-state index contributed by atoms with van der Waals surface area (Å²) in [6.45, 7) is 0. The Morgan fingerprint density at radius 2 is 1.64 bits per heavy atom. The number of aromatic carboxylic acids is 1. The van der Waals surface area contributed by atoms with Crippen LogP contribution >= 0.6 is 11.7 Å². The van der Waals surface area contributed by atoms with Crippen LogP contribution < -0.4 is 15.0 Å². The first-order valence-corrected chi connectivity index (χ1v) is 11.7. The van der Waals surface area contributed by atoms with Gasteiger partial charge >= 0.3 is 12.0 Å². The van der Waals surface area contributed by atoms with Crippen molar-refractivity contribution in [1.29, 1.82) is 0 Å². The van der Waals surface area contributed by atoms with E-state index in [1.54, 1.807) is 49.5 Å². The zero-order valence-electron chi connectivity index (χ0n) is 19.1. The molecule has 5 rings (SSSR count). The normalized spacial score (nSPS) is 10.7. The van der Waals surface area contributed by atoms with E-state index in [-0.39, 0.29) is 17.3 Å². The first kappa shape index (κ1) is 23.0. The lowest BCUT2D eigenvalue weighted by Crippen LogP contribution is -2.31. The molecule has 1 heterocycles. The number of nitrogens with zero attached hydrogens (tertiary/aromatic N) is 3. The Balaban J connectivity index is 1.30. The molecule has 0 radical (unpaired) electrons. The van der Waals surface area contributed by atoms with E-state index in [1.165, 1.54) is 11.0 Å². The Morgan fingerprint density at radius 1 is 0.861 bits per heavy atom. The van der Waals surface area contributed by atoms with Gasteiger partial charge in [-0.05, 0) is 65.7 Å². The summed E-state index contributed by atoms with van der Waals surface area (Å²) >= 11 is 1.13. The number of carboxylic acids is 1. The second kappa shape index (κ2) is 9.85. The van der Waals surface area contributed by atoms with Crippen LogP contribution in [0, 0.1) is 0 Å². The number of urea groups is 1. The van der Waals surface area contributed by atoms with Gasteiger partial charge in [0, 0.05) is 18.4 Å². The Hall–Kier alpha value is -4.76. The fraction of sp³-hybridized carbons (Fsp3) is 0.0370. The number of amides is 2. The smallest absolute Gasteiger partial charge is 0.339 e. The van der Waals surface area contributed by atoms with Crippen LogP contribution in [0.5, 0.6) is 11.5 Å². The van der Waals surface area contributed by atoms with Crippen LogP contribution in [0.3, 0.4) is 0 Å². The first-order valence-electron chi connectivity index (χ1n) is 11.0. The third-order valence-corrected chi connectivity index (χ3v) is 6.13. The minimum absolute atomic E-state index is 0.0961. The van der Waals surface area contributed by atoms with Crippen LogP contribution in [0.15, 0.2) is 91.0 Å². The van der Waals surface area contributed by atoms with Crippen LogP contribution in [-0.4, -0.2) is 32.9 Å². The van der Waals surface area contributed by atoms with Crippen molar-refractivity contribution in [2.75, 3.05) is 17.3 Å². The Morgan fingerprint density at radius 3 is 2.44 bits per heavy atom. The Bertz CT molecular complexity index is 1570. The van der Waals surface area contributed by atoms with E-state index in [0.29, 0.717) is 11.4 Å². The number of ether oxygens (including phenoxy) is 1. The van der Waals surface area contributed by atoms with Gasteiger partial charge in [-0.25, -0.2) is 9.59 Å². The number of rotatable bonds is 6. The van der Waals surface area contributed by atoms with E-state index in [2.05, 4.69) is 14.1 Å². The summed E-state index contributed by atoms with van der Waals surface area (Å²) in [6, 6.07) is 26.6. The molecule has 0 fully saturated rings. The van der Waals surface area contributed by atoms with Gasteiger partial charge in [0.15, 0.2) is 0 Å². The third-order valence-electron chi connectivity index (χ3n) is 5.58. The minimum Gasteiger partial charge on any atom is -0.478 e. The number of carbonyl (C=O) groups is 2. The first-order chi connectivity index (χ1) is 17.5. The number of carbonyl (C=O) groups excluding carboxylic acids is 1. The molecule has 0 aliphatic heterocycles. The van der Waals surface area contributed by atoms with Gasteiger partial charge in [0.05, 0.1) is 11.7 Å². The van der Waals surface area contributed by atoms with Crippen LogP contribution in [0.1, 0.15) is 10.4 Å². The molecule has 4 aromatic carbocycles. The molecule has 0 aliphatic carbocycles. The lowest BCUT2D eigenvalue weighted by Gasteiger charge is -2.19. The van der Waals surface area contributed by atoms with E-state index < -0.39 is 5.97 Å². The van der Waals surface area contributed by atoms with Gasteiger partial charge in [-0.3, -0.25) is 4.90 Å². The molecular weight excluding hydrogens is 476 g/mol. The molecule has 8 nitrogen and oxygen atoms in total. The quantitative estimate of drug-likeness (QED) is 0.277. The molecule has 0 saturated carbocycles. The number of para-hydroxylation sites is 1. The number of fused-ring (bicyclic) bond motifs is 1. The maximum absolute atomic E-state index is 12.9. The highest BCUT2D eigenvalue weighted by Crippen LogP contribution is 2.30. The Kier molecular flexibility index (Phi) is 6.29. The topological polar surface area (TPSA) is 105 Å². The SMILES string of the molecule is CN(C(=O)Nc1ccc2nsnc2c1)c1cccc(-c2ccc(Oc3ccccc3C(=O)O)cc2)c1. The summed E-state index contributed by atoms with van der Waals surface area (Å²) in [6.07, 6.45) is 0. The van der Waals surface area contributed by atoms with E-state index in [4.69, 9.17) is 4.74 Å². The average Bonchev–Trinajstić information content (AvgIpc) is 3.37. The summed E-state index contributed by atoms with van der Waals surface area (Å²) in [7, 11) is 1.70. The van der Waals surface area contributed by atoms with E-state index >= 15 is 0 Å². The molecule has 178 valence electrons. The number of hydrogen-bond acceptors (Lipinski definition) is 6. The number of hydrogen-bond donors (Lipinski definition) is 2. The average molecular weight is 497 g/mol. The number of benzene rings is 4. The molecule has 0 bridgehead atoms. The zero-order valence-corrected chi connectivity index (χ0v) is 19.9. The van der Waals surface area contributed by atoms with Gasteiger partial charge in [0.2, 0.25) is 0 Å². The van der Waals surface area contributed by atoms with Crippen LogP contribution in [0.2, 0.25) is 0 Å². The number of nitrogens with one attached hydrogen (secondary N) is 1. The van der Waals surface area contributed by atoms with Crippen LogP contribution in [-0.2, 0) is 0 Å². The van der Waals surface area contributed by atoms with Crippen molar-refractivity contribution < 1.29 is 19.4 Å². The summed E-state index contributed by atoms with van der Waals surface area (Å²) in [5.41, 5.74) is 4.83. The van der Waals surface area contributed by atoms with Crippen molar-refractivity contribution in [3.63, 3.8) is 0 Å². The highest BCUT2D eigenvalue weighted by Gasteiger charge is 2.14. The molecule has 0 spiro atoms. The van der Waals surface area contributed by atoms with Crippen molar-refractivity contribution in [3.05, 3.63) is 96.6 Å². The second-order valence-electron chi connectivity index (χ2n) is 7.93. The van der Waals surface area contributed by atoms with Gasteiger partial charge in [0.1, 0.15) is 28.1 Å². The van der Waals surface area contributed by atoms with Gasteiger partial charge < -0.3 is 15.2 Å². The van der Waals surface area contributed by atoms with Crippen molar-refractivity contribution in [2.45, 2.75) is 0 Å². The fourth-order valence-electron chi connectivity index (χ4n) is 3.65. The molecule has 0 aliphatic rings. The highest BCUT2D eigenvalue weighted by molar-refractivity contribution is 7.00. The minimum atomic E-state index is -1.05. The summed E-state index contributed by atoms with van der Waals surface area (Å²) < 4.78 is 14.2. The van der Waals surface area contributed by atoms with Gasteiger partial charge in [-0.15, -0.1) is 0 Å². The Labute approximate surface area is 210 Å². The molecule has 0 unspecified atom stereocenters. The molecule has 9 heteroatoms. The molecule has 2 N–H and O–H groups in total. The molecule has 5 aromatic rings. The second-order valence-corrected chi connectivity index (χ2v) is 8.46. The maximum Gasteiger partial charge on any atom is 0.339 e. The summed E-state index contributed by atoms with van der Waals surface area (Å²) in [4.78, 5) is 25.8. The predicted molar refractivity (Wildman–Crippen MR) is 140 cm³/mol. The molecule has 0 atom stereocenters. The number of aromatic nitrogens is 2.